The lowest BCUT2D eigenvalue weighted by Gasteiger charge is -2.47. The standard InChI is InChI=1S/C16H26O2S/c1-5-9-19-13-10-11-7-8-12(13)18-14(11)15(17)16(3,4)6-2/h11-13H,2,5-10H2,1,3-4H3. The summed E-state index contributed by atoms with van der Waals surface area (Å²) in [6, 6.07) is 0. The lowest BCUT2D eigenvalue weighted by Crippen LogP contribution is -2.49. The number of hydrogen-bond acceptors (Lipinski definition) is 3. The fourth-order valence-electron chi connectivity index (χ4n) is 2.86. The summed E-state index contributed by atoms with van der Waals surface area (Å²) in [5.41, 5.74) is -0.376. The van der Waals surface area contributed by atoms with Crippen molar-refractivity contribution >= 4 is 17.5 Å². The summed E-state index contributed by atoms with van der Waals surface area (Å²) in [4.78, 5) is 12.6. The van der Waals surface area contributed by atoms with Gasteiger partial charge in [0, 0.05) is 10.7 Å². The predicted octanol–water partition coefficient (Wildman–Crippen LogP) is 4.05. The molecule has 1 saturated carbocycles. The van der Waals surface area contributed by atoms with E-state index in [1.165, 1.54) is 12.2 Å². The molecule has 0 aromatic heterocycles. The zero-order valence-corrected chi connectivity index (χ0v) is 13.2. The average molecular weight is 282 g/mol. The van der Waals surface area contributed by atoms with Gasteiger partial charge in [-0.1, -0.05) is 27.7 Å². The van der Waals surface area contributed by atoms with E-state index in [-0.39, 0.29) is 17.3 Å². The van der Waals surface area contributed by atoms with Crippen molar-refractivity contribution in [2.75, 3.05) is 5.75 Å². The maximum atomic E-state index is 12.6. The largest absolute Gasteiger partial charge is 0.359 e. The number of fused-ring (bicyclic) bond motifs is 3. The van der Waals surface area contributed by atoms with Gasteiger partial charge in [-0.2, -0.15) is 11.8 Å². The van der Waals surface area contributed by atoms with Crippen LogP contribution in [-0.4, -0.2) is 22.9 Å². The molecule has 2 bridgehead atoms. The van der Waals surface area contributed by atoms with Crippen LogP contribution in [0.1, 0.15) is 52.9 Å². The SMILES string of the molecule is [CH2]CC(C)(C)C(=O)[C]1OC2CCC1CC2SCCC. The maximum Gasteiger partial charge on any atom is 0.173 e. The molecule has 0 aromatic rings. The Balaban J connectivity index is 2.00. The van der Waals surface area contributed by atoms with E-state index in [0.717, 1.165) is 25.4 Å². The van der Waals surface area contributed by atoms with Gasteiger partial charge in [-0.25, -0.2) is 0 Å². The minimum atomic E-state index is -0.376. The molecule has 0 spiro atoms. The highest BCUT2D eigenvalue weighted by Gasteiger charge is 2.49. The van der Waals surface area contributed by atoms with Crippen LogP contribution < -0.4 is 0 Å². The van der Waals surface area contributed by atoms with Gasteiger partial charge in [-0.3, -0.25) is 4.79 Å². The third kappa shape index (κ3) is 3.18. The molecule has 2 heterocycles. The lowest BCUT2D eigenvalue weighted by molar-refractivity contribution is -0.142. The number of ketones is 1. The molecule has 108 valence electrons. The maximum absolute atomic E-state index is 12.6. The minimum Gasteiger partial charge on any atom is -0.359 e. The van der Waals surface area contributed by atoms with E-state index in [1.807, 2.05) is 25.6 Å². The average Bonchev–Trinajstić information content (AvgIpc) is 2.44. The molecule has 0 amide bonds. The van der Waals surface area contributed by atoms with E-state index in [9.17, 15) is 4.79 Å². The summed E-state index contributed by atoms with van der Waals surface area (Å²) in [6.07, 6.45) is 6.24. The molecule has 3 aliphatic rings. The second kappa shape index (κ2) is 6.17. The van der Waals surface area contributed by atoms with Crippen molar-refractivity contribution in [1.82, 2.24) is 0 Å². The minimum absolute atomic E-state index is 0.191. The topological polar surface area (TPSA) is 26.3 Å². The summed E-state index contributed by atoms with van der Waals surface area (Å²) in [6.45, 7) is 10.1. The van der Waals surface area contributed by atoms with Gasteiger partial charge in [-0.15, -0.1) is 0 Å². The number of ether oxygens (including phenoxy) is 1. The molecule has 3 fully saturated rings. The first-order chi connectivity index (χ1) is 8.99. The van der Waals surface area contributed by atoms with E-state index in [0.29, 0.717) is 17.6 Å². The molecule has 3 heteroatoms. The number of carbonyl (C=O) groups excluding carboxylic acids is 1. The fraction of sp³-hybridized carbons (Fsp3) is 0.812. The van der Waals surface area contributed by atoms with Gasteiger partial charge in [0.25, 0.3) is 0 Å². The number of rotatable bonds is 6. The molecular formula is C16H26O2S. The highest BCUT2D eigenvalue weighted by atomic mass is 32.2. The van der Waals surface area contributed by atoms with Gasteiger partial charge in [0.2, 0.25) is 0 Å². The Kier molecular flexibility index (Phi) is 4.99. The van der Waals surface area contributed by atoms with Crippen LogP contribution in [-0.2, 0) is 9.53 Å². The third-order valence-corrected chi connectivity index (χ3v) is 5.95. The van der Waals surface area contributed by atoms with Crippen LogP contribution in [0.3, 0.4) is 0 Å². The summed E-state index contributed by atoms with van der Waals surface area (Å²) < 4.78 is 6.06. The zero-order valence-electron chi connectivity index (χ0n) is 12.4. The Labute approximate surface area is 122 Å². The van der Waals surface area contributed by atoms with Crippen LogP contribution in [0, 0.1) is 24.4 Å². The Morgan fingerprint density at radius 3 is 2.74 bits per heavy atom. The van der Waals surface area contributed by atoms with Crippen molar-refractivity contribution < 1.29 is 9.53 Å². The molecule has 2 nitrogen and oxygen atoms in total. The Morgan fingerprint density at radius 1 is 1.47 bits per heavy atom. The molecule has 1 aliphatic carbocycles. The molecule has 3 rings (SSSR count). The van der Waals surface area contributed by atoms with Gasteiger partial charge in [-0.05, 0) is 43.8 Å². The van der Waals surface area contributed by atoms with Crippen molar-refractivity contribution in [3.8, 4) is 0 Å². The fourth-order valence-corrected chi connectivity index (χ4v) is 4.18. The van der Waals surface area contributed by atoms with Crippen molar-refractivity contribution in [2.45, 2.75) is 64.2 Å². The summed E-state index contributed by atoms with van der Waals surface area (Å²) in [5.74, 6) is 1.75. The first-order valence-corrected chi connectivity index (χ1v) is 8.53. The van der Waals surface area contributed by atoms with Gasteiger partial charge >= 0.3 is 0 Å². The van der Waals surface area contributed by atoms with Gasteiger partial charge in [0.15, 0.2) is 11.9 Å². The smallest absolute Gasteiger partial charge is 0.173 e. The Hall–Kier alpha value is -0.0200. The van der Waals surface area contributed by atoms with Crippen LogP contribution in [0.2, 0.25) is 0 Å². The van der Waals surface area contributed by atoms with Crippen LogP contribution >= 0.6 is 11.8 Å². The van der Waals surface area contributed by atoms with Gasteiger partial charge < -0.3 is 4.74 Å². The monoisotopic (exact) mass is 282 g/mol. The van der Waals surface area contributed by atoms with Crippen molar-refractivity contribution in [3.63, 3.8) is 0 Å². The van der Waals surface area contributed by atoms with E-state index in [4.69, 9.17) is 4.74 Å². The number of Topliss-reactive ketones (excluding diaryl/α,β-unsaturated/α-hetero) is 1. The molecule has 2 radical (unpaired) electrons. The normalized spacial score (nSPS) is 31.7. The van der Waals surface area contributed by atoms with E-state index in [1.54, 1.807) is 0 Å². The second-order valence-electron chi connectivity index (χ2n) is 6.40. The van der Waals surface area contributed by atoms with E-state index in [2.05, 4.69) is 13.8 Å². The van der Waals surface area contributed by atoms with Crippen LogP contribution in [0.5, 0.6) is 0 Å². The van der Waals surface area contributed by atoms with Crippen molar-refractivity contribution in [1.29, 1.82) is 0 Å². The number of hydrogen-bond donors (Lipinski definition) is 0. The molecule has 0 aromatic carbocycles. The quantitative estimate of drug-likeness (QED) is 0.735. The van der Waals surface area contributed by atoms with Crippen LogP contribution in [0.25, 0.3) is 0 Å². The summed E-state index contributed by atoms with van der Waals surface area (Å²) in [7, 11) is 0. The highest BCUT2D eigenvalue weighted by molar-refractivity contribution is 7.99. The molecular weight excluding hydrogens is 256 g/mol. The summed E-state index contributed by atoms with van der Waals surface area (Å²) >= 11 is 2.03. The molecule has 19 heavy (non-hydrogen) atoms. The van der Waals surface area contributed by atoms with Crippen LogP contribution in [0.4, 0.5) is 0 Å². The molecule has 0 N–H and O–H groups in total. The second-order valence-corrected chi connectivity index (χ2v) is 7.75. The number of thioether (sulfide) groups is 1. The third-order valence-electron chi connectivity index (χ3n) is 4.38. The lowest BCUT2D eigenvalue weighted by atomic mass is 9.72. The summed E-state index contributed by atoms with van der Waals surface area (Å²) in [5, 5.41) is 0.595. The first kappa shape index (κ1) is 15.4. The molecule has 2 aliphatic heterocycles. The van der Waals surface area contributed by atoms with E-state index >= 15 is 0 Å². The molecule has 3 unspecified atom stereocenters. The highest BCUT2D eigenvalue weighted by Crippen LogP contribution is 2.48. The van der Waals surface area contributed by atoms with E-state index < -0.39 is 0 Å². The van der Waals surface area contributed by atoms with Crippen molar-refractivity contribution in [2.24, 2.45) is 11.3 Å². The Bertz CT molecular complexity index is 327. The molecule has 2 saturated heterocycles. The van der Waals surface area contributed by atoms with Gasteiger partial charge in [0.05, 0.1) is 6.10 Å². The predicted molar refractivity (Wildman–Crippen MR) is 80.8 cm³/mol. The Morgan fingerprint density at radius 2 is 2.21 bits per heavy atom. The molecule has 3 atom stereocenters. The van der Waals surface area contributed by atoms with Gasteiger partial charge in [0.1, 0.15) is 0 Å². The number of carbonyl (C=O) groups is 1. The van der Waals surface area contributed by atoms with Crippen LogP contribution in [0.15, 0.2) is 0 Å². The first-order valence-electron chi connectivity index (χ1n) is 7.48. The zero-order chi connectivity index (χ0) is 14.0. The van der Waals surface area contributed by atoms with Crippen molar-refractivity contribution in [3.05, 3.63) is 13.0 Å².